The average Bonchev–Trinajstić information content (AvgIpc) is 2.35. The van der Waals surface area contributed by atoms with Crippen molar-refractivity contribution < 1.29 is 4.74 Å². The first-order valence-corrected chi connectivity index (χ1v) is 6.30. The standard InChI is InChI=1S/C13H23N3O/c1-3-6-16-13(10-17-8-4-2)11-9-15-7-5-12(11)14/h5,7,9,13,16H,3-4,6,8,10H2,1-2H3,(H2,14,15). The summed E-state index contributed by atoms with van der Waals surface area (Å²) >= 11 is 0. The number of aromatic nitrogens is 1. The Morgan fingerprint density at radius 3 is 2.88 bits per heavy atom. The van der Waals surface area contributed by atoms with Gasteiger partial charge in [0.05, 0.1) is 12.6 Å². The van der Waals surface area contributed by atoms with E-state index in [1.54, 1.807) is 6.20 Å². The number of nitrogens with zero attached hydrogens (tertiary/aromatic N) is 1. The maximum Gasteiger partial charge on any atom is 0.0662 e. The van der Waals surface area contributed by atoms with Gasteiger partial charge in [-0.05, 0) is 25.5 Å². The molecular weight excluding hydrogens is 214 g/mol. The topological polar surface area (TPSA) is 60.2 Å². The second kappa shape index (κ2) is 8.03. The highest BCUT2D eigenvalue weighted by Gasteiger charge is 2.13. The Morgan fingerprint density at radius 1 is 1.41 bits per heavy atom. The van der Waals surface area contributed by atoms with Gasteiger partial charge in [-0.25, -0.2) is 0 Å². The van der Waals surface area contributed by atoms with E-state index >= 15 is 0 Å². The van der Waals surface area contributed by atoms with Crippen LogP contribution in [0.1, 0.15) is 38.3 Å². The molecule has 0 saturated heterocycles. The maximum absolute atomic E-state index is 5.96. The monoisotopic (exact) mass is 237 g/mol. The molecule has 0 aliphatic rings. The smallest absolute Gasteiger partial charge is 0.0662 e. The van der Waals surface area contributed by atoms with Crippen LogP contribution in [0.4, 0.5) is 5.69 Å². The number of pyridine rings is 1. The zero-order chi connectivity index (χ0) is 12.5. The lowest BCUT2D eigenvalue weighted by atomic mass is 10.1. The Balaban J connectivity index is 2.64. The Hall–Kier alpha value is -1.13. The van der Waals surface area contributed by atoms with Crippen LogP contribution in [0.15, 0.2) is 18.5 Å². The summed E-state index contributed by atoms with van der Waals surface area (Å²) in [6.45, 7) is 6.62. The van der Waals surface area contributed by atoms with Crippen molar-refractivity contribution in [3.05, 3.63) is 24.0 Å². The molecule has 17 heavy (non-hydrogen) atoms. The minimum absolute atomic E-state index is 0.134. The quantitative estimate of drug-likeness (QED) is 0.680. The molecule has 0 aliphatic carbocycles. The predicted molar refractivity (Wildman–Crippen MR) is 70.8 cm³/mol. The molecule has 4 nitrogen and oxygen atoms in total. The number of rotatable bonds is 8. The molecule has 0 radical (unpaired) electrons. The van der Waals surface area contributed by atoms with Gasteiger partial charge in [0.25, 0.3) is 0 Å². The van der Waals surface area contributed by atoms with Gasteiger partial charge >= 0.3 is 0 Å². The van der Waals surface area contributed by atoms with Crippen molar-refractivity contribution in [3.63, 3.8) is 0 Å². The lowest BCUT2D eigenvalue weighted by Gasteiger charge is -2.20. The number of nitrogens with one attached hydrogen (secondary N) is 1. The molecule has 0 aromatic carbocycles. The molecule has 1 unspecified atom stereocenters. The van der Waals surface area contributed by atoms with Gasteiger partial charge in [0.1, 0.15) is 0 Å². The van der Waals surface area contributed by atoms with Gasteiger partial charge in [-0.15, -0.1) is 0 Å². The summed E-state index contributed by atoms with van der Waals surface area (Å²) in [5, 5.41) is 3.44. The third kappa shape index (κ3) is 4.71. The summed E-state index contributed by atoms with van der Waals surface area (Å²) in [6, 6.07) is 1.96. The summed E-state index contributed by atoms with van der Waals surface area (Å²) < 4.78 is 5.61. The van der Waals surface area contributed by atoms with Crippen LogP contribution < -0.4 is 11.1 Å². The third-order valence-corrected chi connectivity index (χ3v) is 2.54. The SMILES string of the molecule is CCCNC(COCCC)c1cnccc1N. The molecule has 4 heteroatoms. The largest absolute Gasteiger partial charge is 0.398 e. The van der Waals surface area contributed by atoms with Crippen LogP contribution in [-0.2, 0) is 4.74 Å². The van der Waals surface area contributed by atoms with Crippen molar-refractivity contribution in [1.29, 1.82) is 0 Å². The fourth-order valence-electron chi connectivity index (χ4n) is 1.63. The first-order valence-electron chi connectivity index (χ1n) is 6.30. The van der Waals surface area contributed by atoms with Crippen molar-refractivity contribution in [3.8, 4) is 0 Å². The maximum atomic E-state index is 5.96. The molecule has 3 N–H and O–H groups in total. The van der Waals surface area contributed by atoms with E-state index in [9.17, 15) is 0 Å². The number of nitrogens with two attached hydrogens (primary N) is 1. The summed E-state index contributed by atoms with van der Waals surface area (Å²) in [4.78, 5) is 4.13. The van der Waals surface area contributed by atoms with E-state index in [-0.39, 0.29) is 6.04 Å². The summed E-state index contributed by atoms with van der Waals surface area (Å²) in [7, 11) is 0. The molecule has 1 rings (SSSR count). The molecule has 0 aliphatic heterocycles. The molecule has 1 atom stereocenters. The normalized spacial score (nSPS) is 12.6. The van der Waals surface area contributed by atoms with Gasteiger partial charge in [0.15, 0.2) is 0 Å². The zero-order valence-electron chi connectivity index (χ0n) is 10.8. The van der Waals surface area contributed by atoms with Crippen LogP contribution in [0.5, 0.6) is 0 Å². The first-order chi connectivity index (χ1) is 8.29. The van der Waals surface area contributed by atoms with Crippen LogP contribution in [-0.4, -0.2) is 24.7 Å². The van der Waals surface area contributed by atoms with Gasteiger partial charge in [-0.1, -0.05) is 13.8 Å². The third-order valence-electron chi connectivity index (χ3n) is 2.54. The van der Waals surface area contributed by atoms with Gasteiger partial charge in [-0.3, -0.25) is 4.98 Å². The van der Waals surface area contributed by atoms with Crippen LogP contribution in [0.25, 0.3) is 0 Å². The number of anilines is 1. The Morgan fingerprint density at radius 2 is 2.24 bits per heavy atom. The molecule has 0 fully saturated rings. The van der Waals surface area contributed by atoms with Gasteiger partial charge in [-0.2, -0.15) is 0 Å². The number of nitrogen functional groups attached to an aromatic ring is 1. The molecule has 1 heterocycles. The molecule has 1 aromatic rings. The lowest BCUT2D eigenvalue weighted by molar-refractivity contribution is 0.112. The minimum atomic E-state index is 0.134. The van der Waals surface area contributed by atoms with E-state index in [0.717, 1.165) is 37.2 Å². The first kappa shape index (κ1) is 13.9. The van der Waals surface area contributed by atoms with Gasteiger partial charge in [0, 0.05) is 30.3 Å². The molecule has 0 spiro atoms. The van der Waals surface area contributed by atoms with Crippen molar-refractivity contribution in [1.82, 2.24) is 10.3 Å². The van der Waals surface area contributed by atoms with E-state index < -0.39 is 0 Å². The number of hydrogen-bond acceptors (Lipinski definition) is 4. The highest BCUT2D eigenvalue weighted by molar-refractivity contribution is 5.46. The van der Waals surface area contributed by atoms with Crippen molar-refractivity contribution in [2.75, 3.05) is 25.5 Å². The minimum Gasteiger partial charge on any atom is -0.398 e. The van der Waals surface area contributed by atoms with E-state index in [0.29, 0.717) is 6.61 Å². The molecule has 1 aromatic heterocycles. The molecular formula is C13H23N3O. The second-order valence-electron chi connectivity index (χ2n) is 4.09. The number of hydrogen-bond donors (Lipinski definition) is 2. The Kier molecular flexibility index (Phi) is 6.58. The van der Waals surface area contributed by atoms with E-state index in [2.05, 4.69) is 24.1 Å². The van der Waals surface area contributed by atoms with Crippen LogP contribution in [0.2, 0.25) is 0 Å². The Labute approximate surface area is 104 Å². The lowest BCUT2D eigenvalue weighted by Crippen LogP contribution is -2.27. The highest BCUT2D eigenvalue weighted by atomic mass is 16.5. The predicted octanol–water partition coefficient (Wildman–Crippen LogP) is 2.13. The van der Waals surface area contributed by atoms with Crippen LogP contribution in [0.3, 0.4) is 0 Å². The fourth-order valence-corrected chi connectivity index (χ4v) is 1.63. The van der Waals surface area contributed by atoms with Crippen LogP contribution >= 0.6 is 0 Å². The van der Waals surface area contributed by atoms with Gasteiger partial charge < -0.3 is 15.8 Å². The van der Waals surface area contributed by atoms with E-state index in [1.807, 2.05) is 12.3 Å². The summed E-state index contributed by atoms with van der Waals surface area (Å²) in [5.74, 6) is 0. The number of ether oxygens (including phenoxy) is 1. The molecule has 0 saturated carbocycles. The highest BCUT2D eigenvalue weighted by Crippen LogP contribution is 2.19. The summed E-state index contributed by atoms with van der Waals surface area (Å²) in [5.41, 5.74) is 7.76. The van der Waals surface area contributed by atoms with E-state index in [4.69, 9.17) is 10.5 Å². The van der Waals surface area contributed by atoms with Crippen molar-refractivity contribution >= 4 is 5.69 Å². The van der Waals surface area contributed by atoms with Crippen molar-refractivity contribution in [2.24, 2.45) is 0 Å². The second-order valence-corrected chi connectivity index (χ2v) is 4.09. The molecule has 96 valence electrons. The van der Waals surface area contributed by atoms with E-state index in [1.165, 1.54) is 0 Å². The summed E-state index contributed by atoms with van der Waals surface area (Å²) in [6.07, 6.45) is 5.65. The molecule has 0 amide bonds. The fraction of sp³-hybridized carbons (Fsp3) is 0.615. The average molecular weight is 237 g/mol. The van der Waals surface area contributed by atoms with Crippen molar-refractivity contribution in [2.45, 2.75) is 32.7 Å². The van der Waals surface area contributed by atoms with Gasteiger partial charge in [0.2, 0.25) is 0 Å². The Bertz CT molecular complexity index is 317. The van der Waals surface area contributed by atoms with Crippen LogP contribution in [0, 0.1) is 0 Å². The molecule has 0 bridgehead atoms. The zero-order valence-corrected chi connectivity index (χ0v) is 10.8.